The molecule has 4 nitrogen and oxygen atoms in total. The molecule has 2 heterocycles. The maximum absolute atomic E-state index is 14.3. The number of hydrogen-bond donors (Lipinski definition) is 1. The summed E-state index contributed by atoms with van der Waals surface area (Å²) in [6.07, 6.45) is 1.66. The van der Waals surface area contributed by atoms with Crippen LogP contribution in [0.2, 0.25) is 5.02 Å². The van der Waals surface area contributed by atoms with Crippen molar-refractivity contribution in [3.63, 3.8) is 0 Å². The van der Waals surface area contributed by atoms with Crippen molar-refractivity contribution in [1.29, 1.82) is 0 Å². The molecule has 0 spiro atoms. The van der Waals surface area contributed by atoms with E-state index in [1.54, 1.807) is 24.4 Å². The average molecular weight is 304 g/mol. The van der Waals surface area contributed by atoms with Crippen molar-refractivity contribution < 1.29 is 8.91 Å². The third kappa shape index (κ3) is 2.25. The van der Waals surface area contributed by atoms with Gasteiger partial charge in [0, 0.05) is 23.0 Å². The topological polar surface area (TPSA) is 64.9 Å². The van der Waals surface area contributed by atoms with Crippen LogP contribution < -0.4 is 5.73 Å². The zero-order chi connectivity index (χ0) is 15.0. The Hall–Kier alpha value is -2.40. The van der Waals surface area contributed by atoms with Crippen molar-refractivity contribution in [2.75, 3.05) is 5.73 Å². The molecule has 0 fully saturated rings. The second kappa shape index (κ2) is 5.18. The van der Waals surface area contributed by atoms with Crippen LogP contribution in [0.25, 0.3) is 22.5 Å². The number of benzene rings is 1. The van der Waals surface area contributed by atoms with Crippen LogP contribution in [-0.2, 0) is 0 Å². The summed E-state index contributed by atoms with van der Waals surface area (Å²) in [4.78, 5) is 4.19. The lowest BCUT2D eigenvalue weighted by molar-refractivity contribution is 0.435. The summed E-state index contributed by atoms with van der Waals surface area (Å²) in [6, 6.07) is 8.28. The summed E-state index contributed by atoms with van der Waals surface area (Å²) < 4.78 is 19.6. The first-order chi connectivity index (χ1) is 10.1. The molecule has 2 aromatic heterocycles. The van der Waals surface area contributed by atoms with Crippen molar-refractivity contribution in [3.8, 4) is 22.5 Å². The van der Waals surface area contributed by atoms with Gasteiger partial charge in [-0.05, 0) is 25.1 Å². The molecule has 6 heteroatoms. The summed E-state index contributed by atoms with van der Waals surface area (Å²) in [5, 5.41) is 3.76. The normalized spacial score (nSPS) is 10.8. The van der Waals surface area contributed by atoms with Gasteiger partial charge in [-0.25, -0.2) is 4.39 Å². The second-order valence-corrected chi connectivity index (χ2v) is 4.92. The standard InChI is InChI=1S/C15H11ClFN3O/c1-8-9(5-3-7-19-8)14-12(15(18)20-21-14)10-4-2-6-11(16)13(10)17/h2-7H,1H3,(H2,18,20). The average Bonchev–Trinajstić information content (AvgIpc) is 2.84. The predicted molar refractivity (Wildman–Crippen MR) is 79.3 cm³/mol. The Morgan fingerprint density at radius 3 is 2.71 bits per heavy atom. The van der Waals surface area contributed by atoms with Crippen LogP contribution in [0.4, 0.5) is 10.2 Å². The van der Waals surface area contributed by atoms with Crippen LogP contribution in [0.15, 0.2) is 41.1 Å². The van der Waals surface area contributed by atoms with E-state index in [9.17, 15) is 4.39 Å². The van der Waals surface area contributed by atoms with E-state index in [4.69, 9.17) is 21.9 Å². The van der Waals surface area contributed by atoms with E-state index < -0.39 is 5.82 Å². The summed E-state index contributed by atoms with van der Waals surface area (Å²) in [5.74, 6) is -0.0782. The van der Waals surface area contributed by atoms with Crippen molar-refractivity contribution in [2.24, 2.45) is 0 Å². The molecule has 2 N–H and O–H groups in total. The van der Waals surface area contributed by atoms with Gasteiger partial charge in [0.15, 0.2) is 11.6 Å². The highest BCUT2D eigenvalue weighted by atomic mass is 35.5. The molecule has 0 radical (unpaired) electrons. The minimum absolute atomic E-state index is 0.0157. The zero-order valence-electron chi connectivity index (χ0n) is 11.1. The molecule has 0 amide bonds. The SMILES string of the molecule is Cc1ncccc1-c1onc(N)c1-c1cccc(Cl)c1F. The number of halogens is 2. The Bertz CT molecular complexity index is 816. The summed E-state index contributed by atoms with van der Waals surface area (Å²) in [5.41, 5.74) is 7.91. The summed E-state index contributed by atoms with van der Waals surface area (Å²) in [6.45, 7) is 1.83. The lowest BCUT2D eigenvalue weighted by Gasteiger charge is -2.06. The lowest BCUT2D eigenvalue weighted by atomic mass is 10.0. The van der Waals surface area contributed by atoms with E-state index in [0.717, 1.165) is 5.69 Å². The van der Waals surface area contributed by atoms with Gasteiger partial charge in [-0.3, -0.25) is 4.98 Å². The Kier molecular flexibility index (Phi) is 3.35. The van der Waals surface area contributed by atoms with Gasteiger partial charge in [-0.2, -0.15) is 0 Å². The number of nitrogen functional groups attached to an aromatic ring is 1. The number of anilines is 1. The maximum Gasteiger partial charge on any atom is 0.178 e. The van der Waals surface area contributed by atoms with Crippen molar-refractivity contribution in [3.05, 3.63) is 53.1 Å². The highest BCUT2D eigenvalue weighted by molar-refractivity contribution is 6.31. The van der Waals surface area contributed by atoms with Gasteiger partial charge in [0.05, 0.1) is 10.6 Å². The van der Waals surface area contributed by atoms with Crippen LogP contribution in [0.3, 0.4) is 0 Å². The molecular formula is C15H11ClFN3O. The molecule has 0 aliphatic heterocycles. The molecule has 0 atom stereocenters. The Labute approximate surface area is 125 Å². The number of nitrogens with zero attached hydrogens (tertiary/aromatic N) is 2. The molecule has 0 saturated heterocycles. The first-order valence-corrected chi connectivity index (χ1v) is 6.59. The number of nitrogens with two attached hydrogens (primary N) is 1. The van der Waals surface area contributed by atoms with Crippen molar-refractivity contribution in [2.45, 2.75) is 6.92 Å². The minimum Gasteiger partial charge on any atom is -0.380 e. The molecule has 0 aliphatic carbocycles. The molecular weight excluding hydrogens is 293 g/mol. The fourth-order valence-electron chi connectivity index (χ4n) is 2.17. The summed E-state index contributed by atoms with van der Waals surface area (Å²) in [7, 11) is 0. The third-order valence-electron chi connectivity index (χ3n) is 3.19. The molecule has 21 heavy (non-hydrogen) atoms. The summed E-state index contributed by atoms with van der Waals surface area (Å²) >= 11 is 5.83. The second-order valence-electron chi connectivity index (χ2n) is 4.51. The molecule has 106 valence electrons. The van der Waals surface area contributed by atoms with Gasteiger partial charge < -0.3 is 10.3 Å². The third-order valence-corrected chi connectivity index (χ3v) is 3.48. The highest BCUT2D eigenvalue weighted by Crippen LogP contribution is 2.39. The number of rotatable bonds is 2. The molecule has 3 rings (SSSR count). The van der Waals surface area contributed by atoms with Gasteiger partial charge in [0.2, 0.25) is 0 Å². The quantitative estimate of drug-likeness (QED) is 0.774. The van der Waals surface area contributed by atoms with E-state index >= 15 is 0 Å². The van der Waals surface area contributed by atoms with Crippen LogP contribution in [0.1, 0.15) is 5.69 Å². The highest BCUT2D eigenvalue weighted by Gasteiger charge is 2.22. The van der Waals surface area contributed by atoms with E-state index in [2.05, 4.69) is 10.1 Å². The van der Waals surface area contributed by atoms with Crippen molar-refractivity contribution >= 4 is 17.4 Å². The largest absolute Gasteiger partial charge is 0.380 e. The predicted octanol–water partition coefficient (Wildman–Crippen LogP) is 4.09. The van der Waals surface area contributed by atoms with Crippen LogP contribution in [0, 0.1) is 12.7 Å². The fraction of sp³-hybridized carbons (Fsp3) is 0.0667. The number of pyridine rings is 1. The van der Waals surface area contributed by atoms with Crippen LogP contribution in [0.5, 0.6) is 0 Å². The van der Waals surface area contributed by atoms with Gasteiger partial charge in [-0.1, -0.05) is 28.9 Å². The van der Waals surface area contributed by atoms with E-state index in [1.807, 2.05) is 13.0 Å². The lowest BCUT2D eigenvalue weighted by Crippen LogP contribution is -1.93. The Morgan fingerprint density at radius 1 is 1.19 bits per heavy atom. The van der Waals surface area contributed by atoms with Gasteiger partial charge in [-0.15, -0.1) is 0 Å². The van der Waals surface area contributed by atoms with Crippen molar-refractivity contribution in [1.82, 2.24) is 10.1 Å². The van der Waals surface area contributed by atoms with Crippen LogP contribution in [-0.4, -0.2) is 10.1 Å². The minimum atomic E-state index is -0.558. The Morgan fingerprint density at radius 2 is 1.95 bits per heavy atom. The zero-order valence-corrected chi connectivity index (χ0v) is 11.9. The molecule has 3 aromatic rings. The smallest absolute Gasteiger partial charge is 0.178 e. The maximum atomic E-state index is 14.3. The number of aromatic nitrogens is 2. The molecule has 0 saturated carbocycles. The van der Waals surface area contributed by atoms with Gasteiger partial charge in [0.1, 0.15) is 5.82 Å². The van der Waals surface area contributed by atoms with E-state index in [-0.39, 0.29) is 16.4 Å². The Balaban J connectivity index is 2.28. The molecule has 0 unspecified atom stereocenters. The first kappa shape index (κ1) is 13.6. The van der Waals surface area contributed by atoms with E-state index in [1.165, 1.54) is 6.07 Å². The molecule has 0 bridgehead atoms. The molecule has 1 aromatic carbocycles. The fourth-order valence-corrected chi connectivity index (χ4v) is 2.34. The van der Waals surface area contributed by atoms with Crippen LogP contribution >= 0.6 is 11.6 Å². The van der Waals surface area contributed by atoms with E-state index in [0.29, 0.717) is 16.9 Å². The number of hydrogen-bond acceptors (Lipinski definition) is 4. The van der Waals surface area contributed by atoms with Gasteiger partial charge in [0.25, 0.3) is 0 Å². The molecule has 0 aliphatic rings. The van der Waals surface area contributed by atoms with Gasteiger partial charge >= 0.3 is 0 Å². The first-order valence-electron chi connectivity index (χ1n) is 6.21. The number of aryl methyl sites for hydroxylation is 1. The monoisotopic (exact) mass is 303 g/mol.